The maximum Gasteiger partial charge on any atom is 0.295 e. The van der Waals surface area contributed by atoms with Gasteiger partial charge >= 0.3 is 0 Å². The number of ketones is 1. The van der Waals surface area contributed by atoms with Crippen molar-refractivity contribution in [3.05, 3.63) is 71.0 Å². The third-order valence-electron chi connectivity index (χ3n) is 5.71. The van der Waals surface area contributed by atoms with Gasteiger partial charge in [0.15, 0.2) is 0 Å². The molecule has 0 atom stereocenters. The Labute approximate surface area is 182 Å². The summed E-state index contributed by atoms with van der Waals surface area (Å²) in [5.41, 5.74) is 2.40. The van der Waals surface area contributed by atoms with Crippen LogP contribution in [0.25, 0.3) is 21.8 Å². The summed E-state index contributed by atoms with van der Waals surface area (Å²) in [5.74, 6) is -1.30. The number of aromatic nitrogens is 2. The van der Waals surface area contributed by atoms with Crippen molar-refractivity contribution in [3.8, 4) is 0 Å². The van der Waals surface area contributed by atoms with Crippen molar-refractivity contribution in [1.29, 1.82) is 0 Å². The van der Waals surface area contributed by atoms with Crippen LogP contribution in [-0.4, -0.2) is 63.5 Å². The first-order chi connectivity index (χ1) is 15.0. The van der Waals surface area contributed by atoms with Crippen LogP contribution in [0.3, 0.4) is 0 Å². The number of nitrogens with one attached hydrogen (secondary N) is 2. The third-order valence-corrected chi connectivity index (χ3v) is 6.02. The van der Waals surface area contributed by atoms with Crippen LogP contribution in [0.2, 0.25) is 5.02 Å². The molecule has 0 aliphatic carbocycles. The number of hydrogen-bond acceptors (Lipinski definition) is 3. The van der Waals surface area contributed by atoms with Crippen LogP contribution in [0.5, 0.6) is 0 Å². The highest BCUT2D eigenvalue weighted by molar-refractivity contribution is 6.47. The van der Waals surface area contributed by atoms with Crippen molar-refractivity contribution < 1.29 is 14.4 Å². The molecule has 31 heavy (non-hydrogen) atoms. The summed E-state index contributed by atoms with van der Waals surface area (Å²) in [5, 5.41) is 1.95. The van der Waals surface area contributed by atoms with Gasteiger partial charge < -0.3 is 19.8 Å². The van der Waals surface area contributed by atoms with Crippen LogP contribution < -0.4 is 0 Å². The molecule has 7 nitrogen and oxygen atoms in total. The van der Waals surface area contributed by atoms with Gasteiger partial charge in [-0.3, -0.25) is 14.4 Å². The number of piperazine rings is 1. The van der Waals surface area contributed by atoms with E-state index in [1.54, 1.807) is 23.1 Å². The number of carbonyl (C=O) groups is 3. The average Bonchev–Trinajstić information content (AvgIpc) is 3.43. The summed E-state index contributed by atoms with van der Waals surface area (Å²) in [4.78, 5) is 47.9. The van der Waals surface area contributed by atoms with Crippen LogP contribution in [0.15, 0.2) is 54.7 Å². The molecule has 2 amide bonds. The van der Waals surface area contributed by atoms with Gasteiger partial charge in [0.05, 0.1) is 10.6 Å². The molecule has 2 aromatic heterocycles. The lowest BCUT2D eigenvalue weighted by atomic mass is 10.1. The smallest absolute Gasteiger partial charge is 0.295 e. The molecule has 0 bridgehead atoms. The number of aromatic amines is 2. The van der Waals surface area contributed by atoms with Gasteiger partial charge in [0.25, 0.3) is 17.6 Å². The van der Waals surface area contributed by atoms with Crippen molar-refractivity contribution in [2.75, 3.05) is 26.2 Å². The number of Topliss-reactive ketones (excluding diaryl/α,β-unsaturated/α-hetero) is 1. The Hall–Kier alpha value is -3.58. The largest absolute Gasteiger partial charge is 0.360 e. The number of carbonyl (C=O) groups excluding carboxylic acids is 3. The van der Waals surface area contributed by atoms with Crippen LogP contribution in [0.4, 0.5) is 0 Å². The molecule has 0 radical (unpaired) electrons. The van der Waals surface area contributed by atoms with Gasteiger partial charge in [-0.25, -0.2) is 0 Å². The van der Waals surface area contributed by atoms with Crippen molar-refractivity contribution in [1.82, 2.24) is 19.8 Å². The number of rotatable bonds is 3. The van der Waals surface area contributed by atoms with Crippen molar-refractivity contribution in [2.45, 2.75) is 0 Å². The fourth-order valence-electron chi connectivity index (χ4n) is 4.05. The number of fused-ring (bicyclic) bond motifs is 2. The summed E-state index contributed by atoms with van der Waals surface area (Å²) in [6, 6.07) is 14.8. The first-order valence-corrected chi connectivity index (χ1v) is 10.4. The quantitative estimate of drug-likeness (QED) is 0.382. The van der Waals surface area contributed by atoms with E-state index in [2.05, 4.69) is 9.97 Å². The zero-order chi connectivity index (χ0) is 21.5. The molecule has 1 aliphatic rings. The monoisotopic (exact) mass is 434 g/mol. The minimum Gasteiger partial charge on any atom is -0.360 e. The molecule has 0 saturated carbocycles. The molecule has 2 aromatic carbocycles. The molecule has 1 saturated heterocycles. The fraction of sp³-hybridized carbons (Fsp3) is 0.174. The van der Waals surface area contributed by atoms with Crippen LogP contribution >= 0.6 is 11.6 Å². The lowest BCUT2D eigenvalue weighted by Gasteiger charge is -2.34. The second kappa shape index (κ2) is 7.59. The topological polar surface area (TPSA) is 89.3 Å². The maximum absolute atomic E-state index is 12.9. The van der Waals surface area contributed by atoms with Crippen molar-refractivity contribution >= 4 is 51.0 Å². The molecular weight excluding hydrogens is 416 g/mol. The summed E-state index contributed by atoms with van der Waals surface area (Å²) in [7, 11) is 0. The van der Waals surface area contributed by atoms with Gasteiger partial charge in [0.2, 0.25) is 0 Å². The normalized spacial score (nSPS) is 14.4. The Kier molecular flexibility index (Phi) is 4.75. The van der Waals surface area contributed by atoms with E-state index in [4.69, 9.17) is 11.6 Å². The van der Waals surface area contributed by atoms with E-state index in [9.17, 15) is 14.4 Å². The van der Waals surface area contributed by atoms with Crippen LogP contribution in [0, 0.1) is 0 Å². The van der Waals surface area contributed by atoms with Crippen molar-refractivity contribution in [2.24, 2.45) is 0 Å². The lowest BCUT2D eigenvalue weighted by molar-refractivity contribution is -0.127. The first-order valence-electron chi connectivity index (χ1n) is 9.99. The Bertz CT molecular complexity index is 1300. The lowest BCUT2D eigenvalue weighted by Crippen LogP contribution is -2.52. The second-order valence-electron chi connectivity index (χ2n) is 7.55. The Balaban J connectivity index is 1.28. The number of halogens is 1. The SMILES string of the molecule is O=C(C(=O)N1CCN(C(=O)c2cc3ccccc3[nH]2)CC1)c1c[nH]c2cccc(Cl)c12. The van der Waals surface area contributed by atoms with Gasteiger partial charge in [-0.05, 0) is 24.3 Å². The number of benzene rings is 2. The molecule has 4 aromatic rings. The number of H-pyrrole nitrogens is 2. The molecule has 1 fully saturated rings. The summed E-state index contributed by atoms with van der Waals surface area (Å²) < 4.78 is 0. The minimum absolute atomic E-state index is 0.113. The van der Waals surface area contributed by atoms with E-state index in [1.807, 2.05) is 30.3 Å². The highest BCUT2D eigenvalue weighted by Gasteiger charge is 2.30. The second-order valence-corrected chi connectivity index (χ2v) is 7.96. The molecule has 0 spiro atoms. The maximum atomic E-state index is 12.9. The van der Waals surface area contributed by atoms with E-state index in [0.29, 0.717) is 47.8 Å². The molecular formula is C23H19ClN4O3. The average molecular weight is 435 g/mol. The predicted molar refractivity (Wildman–Crippen MR) is 118 cm³/mol. The Morgan fingerprint density at radius 3 is 2.35 bits per heavy atom. The molecule has 8 heteroatoms. The third kappa shape index (κ3) is 3.37. The molecule has 3 heterocycles. The van der Waals surface area contributed by atoms with E-state index >= 15 is 0 Å². The standard InChI is InChI=1S/C23H19ClN4O3/c24-16-5-3-7-18-20(16)15(13-25-18)21(29)23(31)28-10-8-27(9-11-28)22(30)19-12-14-4-1-2-6-17(14)26-19/h1-7,12-13,25-26H,8-11H2. The predicted octanol–water partition coefficient (Wildman–Crippen LogP) is 3.47. The molecule has 1 aliphatic heterocycles. The number of para-hydroxylation sites is 1. The van der Waals surface area contributed by atoms with E-state index < -0.39 is 11.7 Å². The Morgan fingerprint density at radius 1 is 0.871 bits per heavy atom. The van der Waals surface area contributed by atoms with Crippen LogP contribution in [-0.2, 0) is 4.79 Å². The van der Waals surface area contributed by atoms with E-state index in [-0.39, 0.29) is 11.5 Å². The van der Waals surface area contributed by atoms with Crippen LogP contribution in [0.1, 0.15) is 20.8 Å². The zero-order valence-corrected chi connectivity index (χ0v) is 17.3. The van der Waals surface area contributed by atoms with Gasteiger partial charge in [-0.1, -0.05) is 35.9 Å². The van der Waals surface area contributed by atoms with Gasteiger partial charge in [0.1, 0.15) is 5.69 Å². The molecule has 2 N–H and O–H groups in total. The summed E-state index contributed by atoms with van der Waals surface area (Å²) in [6.07, 6.45) is 1.52. The van der Waals surface area contributed by atoms with Gasteiger partial charge in [-0.2, -0.15) is 0 Å². The highest BCUT2D eigenvalue weighted by atomic mass is 35.5. The molecule has 5 rings (SSSR count). The van der Waals surface area contributed by atoms with Gasteiger partial charge in [0, 0.05) is 54.2 Å². The zero-order valence-electron chi connectivity index (χ0n) is 16.5. The van der Waals surface area contributed by atoms with Gasteiger partial charge in [-0.15, -0.1) is 0 Å². The molecule has 156 valence electrons. The van der Waals surface area contributed by atoms with Crippen molar-refractivity contribution in [3.63, 3.8) is 0 Å². The minimum atomic E-state index is -0.602. The van der Waals surface area contributed by atoms with E-state index in [0.717, 1.165) is 10.9 Å². The number of nitrogens with zero attached hydrogens (tertiary/aromatic N) is 2. The number of amides is 2. The van der Waals surface area contributed by atoms with E-state index in [1.165, 1.54) is 11.1 Å². The summed E-state index contributed by atoms with van der Waals surface area (Å²) in [6.45, 7) is 1.32. The highest BCUT2D eigenvalue weighted by Crippen LogP contribution is 2.27. The summed E-state index contributed by atoms with van der Waals surface area (Å²) >= 11 is 6.24. The number of hydrogen-bond donors (Lipinski definition) is 2. The fourth-order valence-corrected chi connectivity index (χ4v) is 4.33. The molecule has 0 unspecified atom stereocenters. The Morgan fingerprint density at radius 2 is 1.58 bits per heavy atom. The first kappa shape index (κ1) is 19.4.